The van der Waals surface area contributed by atoms with Crippen molar-refractivity contribution in [2.45, 2.75) is 58.2 Å². The minimum absolute atomic E-state index is 0.0120. The van der Waals surface area contributed by atoms with Crippen molar-refractivity contribution in [3.8, 4) is 5.75 Å². The van der Waals surface area contributed by atoms with Gasteiger partial charge in [0.2, 0.25) is 5.91 Å². The van der Waals surface area contributed by atoms with Crippen LogP contribution in [0.5, 0.6) is 5.75 Å². The number of piperidine rings is 1. The van der Waals surface area contributed by atoms with Gasteiger partial charge in [-0.15, -0.1) is 0 Å². The van der Waals surface area contributed by atoms with Crippen molar-refractivity contribution in [2.24, 2.45) is 11.8 Å². The molecule has 1 aliphatic rings. The topological polar surface area (TPSA) is 29.5 Å². The van der Waals surface area contributed by atoms with E-state index in [-0.39, 0.29) is 23.8 Å². The molecule has 1 saturated heterocycles. The molecule has 0 bridgehead atoms. The summed E-state index contributed by atoms with van der Waals surface area (Å²) in [5.74, 6) is 0.802. The Kier molecular flexibility index (Phi) is 8.80. The number of hydrogen-bond acceptors (Lipinski definition) is 2. The molecule has 1 heterocycles. The van der Waals surface area contributed by atoms with E-state index >= 15 is 0 Å². The van der Waals surface area contributed by atoms with Crippen molar-refractivity contribution in [1.29, 1.82) is 0 Å². The zero-order valence-electron chi connectivity index (χ0n) is 22.2. The molecule has 0 unspecified atom stereocenters. The lowest BCUT2D eigenvalue weighted by Crippen LogP contribution is -2.44. The van der Waals surface area contributed by atoms with Crippen molar-refractivity contribution >= 4 is 5.91 Å². The molecule has 38 heavy (non-hydrogen) atoms. The van der Waals surface area contributed by atoms with Crippen LogP contribution in [0.15, 0.2) is 78.9 Å². The number of hydrogen-bond donors (Lipinski definition) is 0. The molecule has 3 aromatic rings. The predicted molar refractivity (Wildman–Crippen MR) is 144 cm³/mol. The number of ether oxygens (including phenoxy) is 1. The Morgan fingerprint density at radius 1 is 0.921 bits per heavy atom. The fourth-order valence-corrected chi connectivity index (χ4v) is 5.24. The van der Waals surface area contributed by atoms with Crippen LogP contribution in [0.4, 0.5) is 13.2 Å². The maximum absolute atomic E-state index is 13.5. The normalized spacial score (nSPS) is 17.8. The summed E-state index contributed by atoms with van der Waals surface area (Å²) in [5.41, 5.74) is 2.51. The van der Waals surface area contributed by atoms with Crippen molar-refractivity contribution in [3.63, 3.8) is 0 Å². The van der Waals surface area contributed by atoms with Gasteiger partial charge >= 0.3 is 6.18 Å². The van der Waals surface area contributed by atoms with Crippen LogP contribution >= 0.6 is 0 Å². The van der Waals surface area contributed by atoms with Crippen LogP contribution in [0.25, 0.3) is 0 Å². The number of nitrogens with zero attached hydrogens (tertiary/aromatic N) is 1. The number of carbonyl (C=O) groups is 1. The lowest BCUT2D eigenvalue weighted by Gasteiger charge is -2.38. The van der Waals surface area contributed by atoms with E-state index in [1.165, 1.54) is 17.7 Å². The highest BCUT2D eigenvalue weighted by molar-refractivity contribution is 5.83. The second kappa shape index (κ2) is 12.1. The van der Waals surface area contributed by atoms with Crippen molar-refractivity contribution in [3.05, 3.63) is 101 Å². The van der Waals surface area contributed by atoms with Gasteiger partial charge in [0, 0.05) is 19.0 Å². The molecule has 0 aromatic heterocycles. The molecule has 0 spiro atoms. The van der Waals surface area contributed by atoms with Gasteiger partial charge in [0.25, 0.3) is 0 Å². The highest BCUT2D eigenvalue weighted by atomic mass is 19.4. The largest absolute Gasteiger partial charge is 0.485 e. The van der Waals surface area contributed by atoms with Gasteiger partial charge < -0.3 is 9.64 Å². The zero-order valence-corrected chi connectivity index (χ0v) is 22.2. The third kappa shape index (κ3) is 6.97. The molecule has 3 nitrogen and oxygen atoms in total. The maximum Gasteiger partial charge on any atom is 0.416 e. The third-order valence-corrected chi connectivity index (χ3v) is 7.26. The molecule has 1 amide bonds. The molecular weight excluding hydrogens is 487 g/mol. The molecule has 4 rings (SSSR count). The summed E-state index contributed by atoms with van der Waals surface area (Å²) in [6, 6.07) is 22.9. The Morgan fingerprint density at radius 3 is 2.18 bits per heavy atom. The van der Waals surface area contributed by atoms with E-state index in [9.17, 15) is 18.0 Å². The van der Waals surface area contributed by atoms with Gasteiger partial charge in [0.15, 0.2) is 0 Å². The Morgan fingerprint density at radius 2 is 1.58 bits per heavy atom. The standard InChI is InChI=1S/C32H36F3NO2/c1-22(2)20-24-11-13-25(14-12-24)23(3)31(37)36-19-7-10-27(21-36)30(26-8-5-4-6-9-26)38-29-17-15-28(16-18-29)32(33,34)35/h4-6,8-9,11-18,22-23,27,30H,7,10,19-21H2,1-3H3/t23-,27+,30+/m0/s1. The van der Waals surface area contributed by atoms with E-state index in [1.807, 2.05) is 42.2 Å². The molecule has 1 fully saturated rings. The number of likely N-dealkylation sites (tertiary alicyclic amines) is 1. The summed E-state index contributed by atoms with van der Waals surface area (Å²) >= 11 is 0. The number of halogens is 3. The Balaban J connectivity index is 1.50. The number of benzene rings is 3. The zero-order chi connectivity index (χ0) is 27.3. The Hall–Kier alpha value is -3.28. The first-order valence-corrected chi connectivity index (χ1v) is 13.4. The maximum atomic E-state index is 13.5. The molecule has 0 aliphatic carbocycles. The molecular formula is C32H36F3NO2. The lowest BCUT2D eigenvalue weighted by molar-refractivity contribution is -0.137. The summed E-state index contributed by atoms with van der Waals surface area (Å²) in [6.07, 6.45) is -2.06. The smallest absolute Gasteiger partial charge is 0.416 e. The highest BCUT2D eigenvalue weighted by Crippen LogP contribution is 2.36. The Labute approximate surface area is 223 Å². The average molecular weight is 524 g/mol. The van der Waals surface area contributed by atoms with Gasteiger partial charge in [-0.2, -0.15) is 13.2 Å². The second-order valence-corrected chi connectivity index (χ2v) is 10.7. The van der Waals surface area contributed by atoms with E-state index in [1.54, 1.807) is 0 Å². The van der Waals surface area contributed by atoms with Gasteiger partial charge in [-0.1, -0.05) is 68.4 Å². The van der Waals surface area contributed by atoms with E-state index in [0.29, 0.717) is 24.8 Å². The molecule has 0 saturated carbocycles. The van der Waals surface area contributed by atoms with Crippen LogP contribution in [0, 0.1) is 11.8 Å². The van der Waals surface area contributed by atoms with Crippen LogP contribution in [-0.2, 0) is 17.4 Å². The molecule has 0 N–H and O–H groups in total. The predicted octanol–water partition coefficient (Wildman–Crippen LogP) is 8.07. The van der Waals surface area contributed by atoms with Gasteiger partial charge in [0.05, 0.1) is 11.5 Å². The first-order chi connectivity index (χ1) is 18.1. The highest BCUT2D eigenvalue weighted by Gasteiger charge is 2.34. The lowest BCUT2D eigenvalue weighted by atomic mass is 9.87. The van der Waals surface area contributed by atoms with Crippen molar-refractivity contribution < 1.29 is 22.7 Å². The average Bonchev–Trinajstić information content (AvgIpc) is 2.91. The number of rotatable bonds is 8. The monoisotopic (exact) mass is 523 g/mol. The number of amides is 1. The molecule has 6 heteroatoms. The summed E-state index contributed by atoms with van der Waals surface area (Å²) in [4.78, 5) is 15.5. The quantitative estimate of drug-likeness (QED) is 0.299. The molecule has 3 atom stereocenters. The van der Waals surface area contributed by atoms with E-state index < -0.39 is 11.7 Å². The fraction of sp³-hybridized carbons (Fsp3) is 0.406. The van der Waals surface area contributed by atoms with Crippen LogP contribution in [0.3, 0.4) is 0 Å². The molecule has 0 radical (unpaired) electrons. The SMILES string of the molecule is CC(C)Cc1ccc([C@H](C)C(=O)N2CCC[C@@H]([C@H](Oc3ccc(C(F)(F)F)cc3)c3ccccc3)C2)cc1. The minimum atomic E-state index is -4.40. The van der Waals surface area contributed by atoms with E-state index in [4.69, 9.17) is 4.74 Å². The second-order valence-electron chi connectivity index (χ2n) is 10.7. The van der Waals surface area contributed by atoms with Crippen LogP contribution in [-0.4, -0.2) is 23.9 Å². The Bertz CT molecular complexity index is 1170. The molecule has 3 aromatic carbocycles. The summed E-state index contributed by atoms with van der Waals surface area (Å²) in [6.45, 7) is 7.56. The van der Waals surface area contributed by atoms with Crippen LogP contribution in [0.1, 0.15) is 67.9 Å². The molecule has 1 aliphatic heterocycles. The van der Waals surface area contributed by atoms with E-state index in [0.717, 1.165) is 42.5 Å². The third-order valence-electron chi connectivity index (χ3n) is 7.26. The van der Waals surface area contributed by atoms with Crippen LogP contribution < -0.4 is 4.74 Å². The van der Waals surface area contributed by atoms with Gasteiger partial charge in [0.1, 0.15) is 11.9 Å². The first kappa shape index (κ1) is 27.7. The minimum Gasteiger partial charge on any atom is -0.485 e. The van der Waals surface area contributed by atoms with E-state index in [2.05, 4.69) is 38.1 Å². The molecule has 202 valence electrons. The van der Waals surface area contributed by atoms with Crippen LogP contribution in [0.2, 0.25) is 0 Å². The first-order valence-electron chi connectivity index (χ1n) is 13.4. The fourth-order valence-electron chi connectivity index (χ4n) is 5.24. The summed E-state index contributed by atoms with van der Waals surface area (Å²) in [7, 11) is 0. The van der Waals surface area contributed by atoms with Crippen molar-refractivity contribution in [2.75, 3.05) is 13.1 Å². The van der Waals surface area contributed by atoms with Gasteiger partial charge in [-0.25, -0.2) is 0 Å². The van der Waals surface area contributed by atoms with Crippen molar-refractivity contribution in [1.82, 2.24) is 4.90 Å². The number of alkyl halides is 3. The summed E-state index contributed by atoms with van der Waals surface area (Å²) < 4.78 is 45.4. The van der Waals surface area contributed by atoms with Gasteiger partial charge in [-0.05, 0) is 73.1 Å². The van der Waals surface area contributed by atoms with Gasteiger partial charge in [-0.3, -0.25) is 4.79 Å². The summed E-state index contributed by atoms with van der Waals surface area (Å²) in [5, 5.41) is 0. The number of carbonyl (C=O) groups excluding carboxylic acids is 1.